The van der Waals surface area contributed by atoms with Crippen LogP contribution in [0.25, 0.3) is 5.52 Å². The standard InChI is InChI=1S/C28H36FN6O9P/c1-6-40-28(38)17(4)34-45(39,44-19-10-8-7-9-11-19)41-14-23(25(18(5)36)43-27(37)16(2)3)42-22(13-30)21-12-20(29)24-26(31)32-15-33-35(21)24/h7-12,15-18,22-23,25,36H,6,14H2,1-5H3,(H,34,39)(H2,31,32,33). The number of carbonyl (C=O) groups excluding carboxylic acids is 2. The van der Waals surface area contributed by atoms with E-state index in [2.05, 4.69) is 15.2 Å². The lowest BCUT2D eigenvalue weighted by Crippen LogP contribution is -2.45. The number of fused-ring (bicyclic) bond motifs is 1. The second kappa shape index (κ2) is 15.7. The largest absolute Gasteiger partial charge is 0.465 e. The monoisotopic (exact) mass is 650 g/mol. The van der Waals surface area contributed by atoms with E-state index in [0.717, 1.165) is 16.9 Å². The summed E-state index contributed by atoms with van der Waals surface area (Å²) >= 11 is 0. The third kappa shape index (κ3) is 9.19. The Hall–Kier alpha value is -4.13. The Morgan fingerprint density at radius 1 is 1.20 bits per heavy atom. The smallest absolute Gasteiger partial charge is 0.459 e. The molecule has 244 valence electrons. The molecule has 1 aromatic carbocycles. The molecule has 0 fully saturated rings. The van der Waals surface area contributed by atoms with Gasteiger partial charge in [-0.25, -0.2) is 18.5 Å². The first-order chi connectivity index (χ1) is 21.3. The molecular formula is C28H36FN6O9P. The van der Waals surface area contributed by atoms with Crippen LogP contribution in [0.2, 0.25) is 0 Å². The van der Waals surface area contributed by atoms with Crippen molar-refractivity contribution >= 4 is 31.0 Å². The van der Waals surface area contributed by atoms with E-state index in [1.165, 1.54) is 26.0 Å². The summed E-state index contributed by atoms with van der Waals surface area (Å²) in [5.74, 6) is -3.01. The van der Waals surface area contributed by atoms with Gasteiger partial charge in [-0.15, -0.1) is 0 Å². The number of nitrogens with two attached hydrogens (primary N) is 1. The maximum Gasteiger partial charge on any atom is 0.459 e. The van der Waals surface area contributed by atoms with Gasteiger partial charge in [-0.05, 0) is 32.9 Å². The first-order valence-corrected chi connectivity index (χ1v) is 15.5. The molecule has 6 atom stereocenters. The lowest BCUT2D eigenvalue weighted by Gasteiger charge is -2.32. The zero-order valence-corrected chi connectivity index (χ0v) is 26.2. The van der Waals surface area contributed by atoms with Crippen molar-refractivity contribution < 1.29 is 46.9 Å². The van der Waals surface area contributed by atoms with Crippen LogP contribution in [0.4, 0.5) is 10.2 Å². The van der Waals surface area contributed by atoms with Crippen molar-refractivity contribution in [1.82, 2.24) is 19.7 Å². The van der Waals surface area contributed by atoms with Crippen molar-refractivity contribution in [2.75, 3.05) is 18.9 Å². The van der Waals surface area contributed by atoms with Gasteiger partial charge in [0.1, 0.15) is 35.8 Å². The number of anilines is 1. The van der Waals surface area contributed by atoms with Gasteiger partial charge in [0, 0.05) is 6.07 Å². The summed E-state index contributed by atoms with van der Waals surface area (Å²) in [6, 6.07) is 9.59. The van der Waals surface area contributed by atoms with Gasteiger partial charge < -0.3 is 29.6 Å². The Balaban J connectivity index is 2.01. The summed E-state index contributed by atoms with van der Waals surface area (Å²) < 4.78 is 57.7. The molecule has 0 saturated carbocycles. The highest BCUT2D eigenvalue weighted by Crippen LogP contribution is 2.45. The zero-order chi connectivity index (χ0) is 33.3. The lowest BCUT2D eigenvalue weighted by molar-refractivity contribution is -0.177. The number of para-hydroxylation sites is 1. The molecule has 2 aromatic heterocycles. The maximum absolute atomic E-state index is 14.8. The van der Waals surface area contributed by atoms with Crippen molar-refractivity contribution in [2.24, 2.45) is 5.92 Å². The van der Waals surface area contributed by atoms with Crippen molar-refractivity contribution in [3.05, 3.63) is 54.2 Å². The van der Waals surface area contributed by atoms with Crippen molar-refractivity contribution in [2.45, 2.75) is 65.1 Å². The summed E-state index contributed by atoms with van der Waals surface area (Å²) in [5.41, 5.74) is 5.47. The highest BCUT2D eigenvalue weighted by Gasteiger charge is 2.39. The predicted molar refractivity (Wildman–Crippen MR) is 157 cm³/mol. The molecular weight excluding hydrogens is 614 g/mol. The molecule has 4 N–H and O–H groups in total. The van der Waals surface area contributed by atoms with Gasteiger partial charge in [0.15, 0.2) is 23.8 Å². The predicted octanol–water partition coefficient (Wildman–Crippen LogP) is 3.09. The molecule has 0 aliphatic carbocycles. The minimum absolute atomic E-state index is 0.0594. The van der Waals surface area contributed by atoms with Crippen LogP contribution in [0.5, 0.6) is 5.75 Å². The number of nitrogen functional groups attached to an aromatic ring is 1. The van der Waals surface area contributed by atoms with Gasteiger partial charge in [0.2, 0.25) is 0 Å². The summed E-state index contributed by atoms with van der Waals surface area (Å²) in [4.78, 5) is 28.7. The Morgan fingerprint density at radius 3 is 2.49 bits per heavy atom. The molecule has 0 spiro atoms. The number of aliphatic hydroxyl groups excluding tert-OH is 1. The van der Waals surface area contributed by atoms with E-state index in [0.29, 0.717) is 0 Å². The number of carbonyl (C=O) groups is 2. The van der Waals surface area contributed by atoms with Crippen molar-refractivity contribution in [3.8, 4) is 11.8 Å². The first-order valence-electron chi connectivity index (χ1n) is 13.9. The van der Waals surface area contributed by atoms with Gasteiger partial charge in [-0.1, -0.05) is 32.0 Å². The summed E-state index contributed by atoms with van der Waals surface area (Å²) in [6.07, 6.45) is -4.96. The average molecular weight is 651 g/mol. The number of rotatable bonds is 16. The van der Waals surface area contributed by atoms with Crippen LogP contribution in [-0.4, -0.2) is 69.2 Å². The van der Waals surface area contributed by atoms with Crippen LogP contribution in [0.3, 0.4) is 0 Å². The number of ether oxygens (including phenoxy) is 3. The van der Waals surface area contributed by atoms with Crippen LogP contribution in [0, 0.1) is 23.1 Å². The van der Waals surface area contributed by atoms with E-state index in [4.69, 9.17) is 29.0 Å². The molecule has 3 aromatic rings. The van der Waals surface area contributed by atoms with E-state index in [-0.39, 0.29) is 29.4 Å². The third-order valence-electron chi connectivity index (χ3n) is 6.20. The van der Waals surface area contributed by atoms with E-state index in [1.54, 1.807) is 39.0 Å². The number of esters is 2. The molecule has 3 rings (SSSR count). The van der Waals surface area contributed by atoms with Crippen LogP contribution >= 0.6 is 7.75 Å². The van der Waals surface area contributed by atoms with Gasteiger partial charge >= 0.3 is 19.7 Å². The minimum atomic E-state index is -4.46. The number of aliphatic hydroxyl groups is 1. The van der Waals surface area contributed by atoms with Crippen LogP contribution < -0.4 is 15.3 Å². The van der Waals surface area contributed by atoms with Gasteiger partial charge in [-0.3, -0.25) is 14.1 Å². The number of benzene rings is 1. The molecule has 6 unspecified atom stereocenters. The van der Waals surface area contributed by atoms with Crippen LogP contribution in [0.1, 0.15) is 46.4 Å². The zero-order valence-electron chi connectivity index (χ0n) is 25.3. The number of hydrogen-bond donors (Lipinski definition) is 3. The fourth-order valence-corrected chi connectivity index (χ4v) is 5.48. The lowest BCUT2D eigenvalue weighted by atomic mass is 10.1. The van der Waals surface area contributed by atoms with Crippen molar-refractivity contribution in [3.63, 3.8) is 0 Å². The molecule has 0 aliphatic rings. The molecule has 0 amide bonds. The third-order valence-corrected chi connectivity index (χ3v) is 7.84. The minimum Gasteiger partial charge on any atom is -0.465 e. The fraction of sp³-hybridized carbons (Fsp3) is 0.464. The van der Waals surface area contributed by atoms with Crippen molar-refractivity contribution in [1.29, 1.82) is 5.26 Å². The molecule has 0 bridgehead atoms. The Bertz CT molecular complexity index is 1550. The summed E-state index contributed by atoms with van der Waals surface area (Å²) in [5, 5.41) is 27.2. The average Bonchev–Trinajstić information content (AvgIpc) is 3.33. The second-order valence-corrected chi connectivity index (χ2v) is 11.8. The number of halogens is 1. The highest BCUT2D eigenvalue weighted by molar-refractivity contribution is 7.52. The van der Waals surface area contributed by atoms with Gasteiger partial charge in [0.25, 0.3) is 0 Å². The van der Waals surface area contributed by atoms with Crippen LogP contribution in [-0.2, 0) is 32.9 Å². The van der Waals surface area contributed by atoms with E-state index >= 15 is 0 Å². The Morgan fingerprint density at radius 2 is 1.89 bits per heavy atom. The van der Waals surface area contributed by atoms with E-state index in [1.807, 2.05) is 6.07 Å². The molecule has 17 heteroatoms. The SMILES string of the molecule is CCOC(=O)C(C)NP(=O)(OCC(OC(C#N)c1cc(F)c2c(N)ncnn12)C(OC(=O)C(C)C)C(C)O)Oc1ccccc1. The fourth-order valence-electron chi connectivity index (χ4n) is 3.98. The highest BCUT2D eigenvalue weighted by atomic mass is 31.2. The number of nitrogens with one attached hydrogen (secondary N) is 1. The van der Waals surface area contributed by atoms with Gasteiger partial charge in [-0.2, -0.15) is 15.4 Å². The summed E-state index contributed by atoms with van der Waals surface area (Å²) in [6.45, 7) is 6.74. The quantitative estimate of drug-likeness (QED) is 0.150. The Labute approximate surface area is 259 Å². The maximum atomic E-state index is 14.8. The topological polar surface area (TPSA) is 210 Å². The first kappa shape index (κ1) is 35.4. The molecule has 45 heavy (non-hydrogen) atoms. The molecule has 0 radical (unpaired) electrons. The molecule has 2 heterocycles. The van der Waals surface area contributed by atoms with E-state index < -0.39 is 68.5 Å². The van der Waals surface area contributed by atoms with E-state index in [9.17, 15) is 28.9 Å². The van der Waals surface area contributed by atoms with Gasteiger partial charge in [0.05, 0.1) is 30.9 Å². The number of aromatic nitrogens is 3. The molecule has 0 aliphatic heterocycles. The second-order valence-electron chi connectivity index (χ2n) is 10.1. The summed E-state index contributed by atoms with van der Waals surface area (Å²) in [7, 11) is -4.46. The normalized spacial score (nSPS) is 16.2. The van der Waals surface area contributed by atoms with Crippen LogP contribution in [0.15, 0.2) is 42.7 Å². The Kier molecular flexibility index (Phi) is 12.4. The number of nitriles is 1. The number of nitrogens with zero attached hydrogens (tertiary/aromatic N) is 4. The molecule has 0 saturated heterocycles. The number of hydrogen-bond acceptors (Lipinski definition) is 13. The molecule has 15 nitrogen and oxygen atoms in total.